The number of rotatable bonds is 65. The Bertz CT molecular complexity index is 3110. The summed E-state index contributed by atoms with van der Waals surface area (Å²) in [5.74, 6) is 0.958. The molecule has 0 radical (unpaired) electrons. The van der Waals surface area contributed by atoms with Crippen LogP contribution in [0, 0.1) is 26.7 Å². The largest absolute Gasteiger partial charge is 0.636 e. The van der Waals surface area contributed by atoms with E-state index in [4.69, 9.17) is 44.7 Å². The summed E-state index contributed by atoms with van der Waals surface area (Å²) in [5.41, 5.74) is 27.5. The van der Waals surface area contributed by atoms with E-state index in [1.807, 2.05) is 19.9 Å². The van der Waals surface area contributed by atoms with Crippen LogP contribution in [-0.2, 0) is 47.0 Å². The maximum atomic E-state index is 12.5. The van der Waals surface area contributed by atoms with Crippen LogP contribution in [0.3, 0.4) is 0 Å². The summed E-state index contributed by atoms with van der Waals surface area (Å²) in [5, 5.41) is 37.4. The molecular formula is C98H190B3N4O11PSi4+4. The van der Waals surface area contributed by atoms with E-state index in [9.17, 15) is 19.5 Å². The van der Waals surface area contributed by atoms with Gasteiger partial charge in [-0.05, 0) is 191 Å². The fraction of sp³-hybridized carbons (Fsp3) is 0.755. The van der Waals surface area contributed by atoms with Gasteiger partial charge >= 0.3 is 29.4 Å². The topological polar surface area (TPSA) is 275 Å². The van der Waals surface area contributed by atoms with Crippen LogP contribution in [0.2, 0.25) is 109 Å². The van der Waals surface area contributed by atoms with E-state index in [0.717, 1.165) is 95.7 Å². The molecule has 1 aliphatic rings. The number of aryl methyl sites for hydroxylation is 6. The number of hydrogen-bond acceptors (Lipinski definition) is 10. The lowest BCUT2D eigenvalue weighted by atomic mass is 9.79. The van der Waals surface area contributed by atoms with Crippen molar-refractivity contribution >= 4 is 67.0 Å². The van der Waals surface area contributed by atoms with Crippen LogP contribution in [0.4, 0.5) is 0 Å². The molecular weight excluding hydrogens is 1580 g/mol. The first-order valence-corrected chi connectivity index (χ1v) is 65.2. The molecule has 694 valence electrons. The Morgan fingerprint density at radius 1 is 0.372 bits per heavy atom. The molecule has 17 N–H and O–H groups in total. The monoisotopic (exact) mass is 1780 g/mol. The maximum Gasteiger partial charge on any atom is 0.636 e. The third kappa shape index (κ3) is 64.1. The molecule has 0 aromatic heterocycles. The predicted molar refractivity (Wildman–Crippen MR) is 531 cm³/mol. The third-order valence-electron chi connectivity index (χ3n) is 25.0. The van der Waals surface area contributed by atoms with E-state index >= 15 is 0 Å². The first-order valence-electron chi connectivity index (χ1n) is 48.8. The highest BCUT2D eigenvalue weighted by atomic mass is 31.2. The van der Waals surface area contributed by atoms with Crippen molar-refractivity contribution in [3.05, 3.63) is 137 Å². The van der Waals surface area contributed by atoms with Crippen molar-refractivity contribution in [3.63, 3.8) is 0 Å². The highest BCUT2D eigenvalue weighted by Gasteiger charge is 2.34. The lowest BCUT2D eigenvalue weighted by Crippen LogP contribution is -2.72. The van der Waals surface area contributed by atoms with Gasteiger partial charge in [0.05, 0.1) is 34.1 Å². The Balaban J connectivity index is 0.000000548. The van der Waals surface area contributed by atoms with Crippen molar-refractivity contribution < 1.29 is 75.6 Å². The molecule has 1 saturated carbocycles. The van der Waals surface area contributed by atoms with Gasteiger partial charge in [-0.2, -0.15) is 0 Å². The van der Waals surface area contributed by atoms with Crippen molar-refractivity contribution in [2.24, 2.45) is 5.92 Å². The van der Waals surface area contributed by atoms with Gasteiger partial charge in [0.25, 0.3) is 0 Å². The summed E-state index contributed by atoms with van der Waals surface area (Å²) in [4.78, 5) is 10.3. The van der Waals surface area contributed by atoms with Crippen LogP contribution in [0.15, 0.2) is 103 Å². The lowest BCUT2D eigenvalue weighted by molar-refractivity contribution is -0.484. The van der Waals surface area contributed by atoms with Crippen molar-refractivity contribution in [2.45, 2.75) is 436 Å². The standard InChI is InChI=1S/C27H50NO3PSi.C25H48BNO2Si.C24H46BNO3Si.C22H42BNO3Si/c1-33(2,3)24-13-12-21-27(28,20-11-10-17-25-15-6-4-7-16-25)22-14-23-31-32(29,30)26-18-8-5-9-19-26;1-6-29-26(28)21-11-9-19-25(27,20-10-12-22-30(3,4)5)18-8-7-13-24-16-14-23(2)15-17-24;1-6-28-25(27)29-20-11-19-24(26,18-9-10-21-30(3,4)5)17-8-7-12-23-15-13-22(2)14-16-23;1-20-11-13-21(14-12-20)10-5-6-15-22(24,17-9-18-27-23(25)26)16-7-8-19-28(2,3)4/h5,8-9,18-19,25H,4,6-7,10-17,20-24,28H2,1-3H3,(H,29,30);14-17,28H,6-13,18-22,27H2,1-5H3;13-16,27H,6-12,17-21,26H2,1-5H3;11-14,25-26H,5-10,15-19,24H2,1-4H3/p+4. The Morgan fingerprint density at radius 3 is 1.01 bits per heavy atom. The van der Waals surface area contributed by atoms with E-state index < -0.39 is 61.7 Å². The van der Waals surface area contributed by atoms with E-state index in [-0.39, 0.29) is 22.2 Å². The van der Waals surface area contributed by atoms with Crippen LogP contribution in [0.1, 0.15) is 298 Å². The minimum atomic E-state index is -3.73. The van der Waals surface area contributed by atoms with Crippen LogP contribution < -0.4 is 28.2 Å². The van der Waals surface area contributed by atoms with Gasteiger partial charge in [-0.3, -0.25) is 4.57 Å². The van der Waals surface area contributed by atoms with Gasteiger partial charge in [0.2, 0.25) is 0 Å². The van der Waals surface area contributed by atoms with Crippen LogP contribution >= 0.6 is 7.60 Å². The lowest BCUT2D eigenvalue weighted by Gasteiger charge is -2.28. The zero-order valence-corrected chi connectivity index (χ0v) is 86.2. The maximum absolute atomic E-state index is 12.5. The quantitative estimate of drug-likeness (QED) is 0.0114. The molecule has 0 saturated heterocycles. The summed E-state index contributed by atoms with van der Waals surface area (Å²) in [6, 6.07) is 41.1. The minimum Gasteiger partial charge on any atom is -0.427 e. The molecule has 0 bridgehead atoms. The van der Waals surface area contributed by atoms with Gasteiger partial charge < -0.3 is 71.1 Å². The fourth-order valence-electron chi connectivity index (χ4n) is 17.2. The number of benzene rings is 4. The minimum absolute atomic E-state index is 0.0710. The zero-order chi connectivity index (χ0) is 90.2. The average Bonchev–Trinajstić information content (AvgIpc) is 1.30. The molecule has 5 unspecified atom stereocenters. The molecule has 5 rings (SSSR count). The molecule has 121 heavy (non-hydrogen) atoms. The molecule has 0 aliphatic heterocycles. The number of hydrogen-bond donors (Lipinski definition) is 9. The van der Waals surface area contributed by atoms with Gasteiger partial charge in [0, 0.05) is 136 Å². The average molecular weight is 1780 g/mol. The zero-order valence-electron chi connectivity index (χ0n) is 81.4. The normalized spacial score (nSPS) is 15.4. The fourth-order valence-corrected chi connectivity index (χ4v) is 23.5. The van der Waals surface area contributed by atoms with Gasteiger partial charge in [0.15, 0.2) is 0 Å². The smallest absolute Gasteiger partial charge is 0.427 e. The molecule has 0 spiro atoms. The summed E-state index contributed by atoms with van der Waals surface area (Å²) in [6.07, 6.45) is 51.4. The van der Waals surface area contributed by atoms with Crippen LogP contribution in [0.25, 0.3) is 0 Å². The third-order valence-corrected chi connectivity index (χ3v) is 33.9. The summed E-state index contributed by atoms with van der Waals surface area (Å²) in [6.45, 7) is 41.9. The van der Waals surface area contributed by atoms with Crippen LogP contribution in [-0.4, -0.2) is 134 Å². The van der Waals surface area contributed by atoms with Gasteiger partial charge in [-0.1, -0.05) is 287 Å². The summed E-state index contributed by atoms with van der Waals surface area (Å²) >= 11 is 0. The Hall–Kier alpha value is -2.39. The molecule has 4 aromatic rings. The highest BCUT2D eigenvalue weighted by molar-refractivity contribution is 7.61. The molecule has 4 aromatic carbocycles. The summed E-state index contributed by atoms with van der Waals surface area (Å²) in [7, 11) is -10.9. The van der Waals surface area contributed by atoms with Gasteiger partial charge in [-0.15, -0.1) is 0 Å². The van der Waals surface area contributed by atoms with Crippen molar-refractivity contribution in [1.29, 1.82) is 0 Å². The first-order chi connectivity index (χ1) is 57.0. The Morgan fingerprint density at radius 2 is 0.678 bits per heavy atom. The Labute approximate surface area is 748 Å². The number of quaternary nitrogens is 4. The van der Waals surface area contributed by atoms with E-state index in [1.54, 1.807) is 24.3 Å². The molecule has 0 amide bonds. The second kappa shape index (κ2) is 63.6. The second-order valence-electron chi connectivity index (χ2n) is 42.4. The van der Waals surface area contributed by atoms with E-state index in [1.165, 1.54) is 244 Å². The molecule has 5 atom stereocenters. The Kier molecular flexibility index (Phi) is 60.3. The molecule has 0 heterocycles. The van der Waals surface area contributed by atoms with Gasteiger partial charge in [-0.25, -0.2) is 0 Å². The molecule has 1 fully saturated rings. The van der Waals surface area contributed by atoms with E-state index in [2.05, 4.69) is 184 Å². The SMILES string of the molecule is CCOB(O)CCCCC([NH3+])(CCCCc1ccc(C)cc1)CCCC[Si](C)(C)C.CCOB(O)OCCCC([NH3+])(CCCCc1ccc(C)cc1)CCCC[Si](C)(C)C.C[Si](C)(C)CCCCC([NH3+])(CCCCC1CCCCC1)CCCOP(=O)(O)c1ccccc1.Cc1ccc(CCCCC([NH3+])(CCCC[Si](C)(C)C)CCCOB(O)O)cc1. The molecule has 1 aliphatic carbocycles. The predicted octanol–water partition coefficient (Wildman–Crippen LogP) is 21.8. The van der Waals surface area contributed by atoms with Crippen molar-refractivity contribution in [3.8, 4) is 0 Å². The van der Waals surface area contributed by atoms with Gasteiger partial charge in [0.1, 0.15) is 0 Å². The van der Waals surface area contributed by atoms with E-state index in [0.29, 0.717) is 38.3 Å². The van der Waals surface area contributed by atoms with Crippen molar-refractivity contribution in [2.75, 3.05) is 33.0 Å². The second-order valence-corrected chi connectivity index (χ2v) is 66.7. The number of unbranched alkanes of at least 4 members (excludes halogenated alkanes) is 9. The molecule has 23 heteroatoms. The van der Waals surface area contributed by atoms with Crippen molar-refractivity contribution in [1.82, 2.24) is 0 Å². The first kappa shape index (κ1) is 115. The molecule has 15 nitrogen and oxygen atoms in total. The highest BCUT2D eigenvalue weighted by Crippen LogP contribution is 2.41. The summed E-state index contributed by atoms with van der Waals surface area (Å²) < 4.78 is 38.5. The van der Waals surface area contributed by atoms with Crippen LogP contribution in [0.5, 0.6) is 0 Å².